The van der Waals surface area contributed by atoms with Crippen LogP contribution in [-0.4, -0.2) is 52.4 Å². The molecule has 2 aromatic heterocycles. The van der Waals surface area contributed by atoms with Crippen LogP contribution in [0.5, 0.6) is 11.5 Å². The lowest BCUT2D eigenvalue weighted by atomic mass is 9.94. The third-order valence-corrected chi connectivity index (χ3v) is 9.43. The van der Waals surface area contributed by atoms with Gasteiger partial charge in [0.25, 0.3) is 11.8 Å². The van der Waals surface area contributed by atoms with Crippen molar-refractivity contribution in [1.29, 1.82) is 0 Å². The number of hydrogen-bond acceptors (Lipinski definition) is 9. The predicted octanol–water partition coefficient (Wildman–Crippen LogP) is 4.79. The number of nitrogens with two attached hydrogens (primary N) is 1. The molecular weight excluding hydrogens is 580 g/mol. The van der Waals surface area contributed by atoms with Crippen LogP contribution in [0.2, 0.25) is 0 Å². The number of carbonyl (C=O) groups excluding carboxylic acids is 3. The number of rotatable bonds is 8. The highest BCUT2D eigenvalue weighted by Crippen LogP contribution is 2.39. The van der Waals surface area contributed by atoms with E-state index in [9.17, 15) is 14.4 Å². The Morgan fingerprint density at radius 3 is 2.18 bits per heavy atom. The van der Waals surface area contributed by atoms with Gasteiger partial charge in [0.15, 0.2) is 17.2 Å². The van der Waals surface area contributed by atoms with Gasteiger partial charge in [-0.25, -0.2) is 0 Å². The minimum atomic E-state index is -1.06. The second kappa shape index (κ2) is 13.6. The summed E-state index contributed by atoms with van der Waals surface area (Å²) in [4.78, 5) is 47.6. The number of nitrogens with zero attached hydrogens (tertiary/aromatic N) is 3. The van der Waals surface area contributed by atoms with Gasteiger partial charge < -0.3 is 25.8 Å². The molecule has 44 heavy (non-hydrogen) atoms. The number of benzene rings is 1. The maximum Gasteiger partial charge on any atom is 0.273 e. The van der Waals surface area contributed by atoms with E-state index in [1.165, 1.54) is 4.90 Å². The van der Waals surface area contributed by atoms with Crippen LogP contribution >= 0.6 is 11.5 Å². The molecule has 4 N–H and O–H groups in total. The second-order valence-electron chi connectivity index (χ2n) is 11.6. The molecule has 11 nitrogen and oxygen atoms in total. The summed E-state index contributed by atoms with van der Waals surface area (Å²) in [5.74, 6) is -0.231. The molecule has 1 unspecified atom stereocenters. The maximum atomic E-state index is 14.6. The molecule has 2 fully saturated rings. The molecule has 6 rings (SSSR count). The number of anilines is 2. The molecule has 0 saturated heterocycles. The Morgan fingerprint density at radius 2 is 1.50 bits per heavy atom. The number of ether oxygens (including phenoxy) is 2. The van der Waals surface area contributed by atoms with Crippen molar-refractivity contribution in [3.8, 4) is 11.5 Å². The third kappa shape index (κ3) is 6.50. The number of amides is 3. The van der Waals surface area contributed by atoms with E-state index in [2.05, 4.69) is 20.0 Å². The van der Waals surface area contributed by atoms with Gasteiger partial charge in [-0.3, -0.25) is 24.3 Å². The fraction of sp³-hybridized carbons (Fsp3) is 0.469. The van der Waals surface area contributed by atoms with Crippen molar-refractivity contribution in [1.82, 2.24) is 20.0 Å². The smallest absolute Gasteiger partial charge is 0.273 e. The first-order chi connectivity index (χ1) is 21.5. The van der Waals surface area contributed by atoms with Gasteiger partial charge in [0.1, 0.15) is 24.1 Å². The van der Waals surface area contributed by atoms with Crippen molar-refractivity contribution >= 4 is 40.6 Å². The molecule has 0 spiro atoms. The molecule has 1 aromatic carbocycles. The van der Waals surface area contributed by atoms with Crippen molar-refractivity contribution in [2.75, 3.05) is 23.8 Å². The molecule has 12 heteroatoms. The van der Waals surface area contributed by atoms with E-state index in [-0.39, 0.29) is 34.2 Å². The highest BCUT2D eigenvalue weighted by Gasteiger charge is 2.38. The van der Waals surface area contributed by atoms with Gasteiger partial charge in [-0.2, -0.15) is 4.37 Å². The largest absolute Gasteiger partial charge is 0.486 e. The van der Waals surface area contributed by atoms with E-state index in [1.807, 2.05) is 0 Å². The summed E-state index contributed by atoms with van der Waals surface area (Å²) in [6.45, 7) is 0.781. The van der Waals surface area contributed by atoms with Crippen LogP contribution in [0.1, 0.15) is 96.0 Å². The molecular formula is C32H38N6O5S. The van der Waals surface area contributed by atoms with Gasteiger partial charge in [0.2, 0.25) is 5.91 Å². The van der Waals surface area contributed by atoms with E-state index < -0.39 is 17.9 Å². The Morgan fingerprint density at radius 1 is 0.864 bits per heavy atom. The molecule has 2 aliphatic carbocycles. The van der Waals surface area contributed by atoms with E-state index >= 15 is 0 Å². The Labute approximate surface area is 260 Å². The standard InChI is InChI=1S/C32H38N6O5S/c33-26-27(30(39)35-21-7-3-1-4-8-21)37-44-29(26)32(41)38(23-11-12-24-25(19-23)43-18-17-42-24)28(20-13-15-34-16-14-20)31(40)36-22-9-5-2-6-10-22/h11-16,19,21-22,28H,1-10,17-18,33H2,(H,35,39)(H,36,40). The Balaban J connectivity index is 1.38. The number of pyridine rings is 1. The molecule has 3 heterocycles. The molecule has 0 bridgehead atoms. The topological polar surface area (TPSA) is 149 Å². The quantitative estimate of drug-likeness (QED) is 0.326. The molecule has 1 atom stereocenters. The zero-order valence-electron chi connectivity index (χ0n) is 24.6. The first kappa shape index (κ1) is 29.9. The average Bonchev–Trinajstić information content (AvgIpc) is 3.45. The maximum absolute atomic E-state index is 14.6. The van der Waals surface area contributed by atoms with E-state index in [4.69, 9.17) is 15.2 Å². The first-order valence-corrected chi connectivity index (χ1v) is 16.3. The Bertz CT molecular complexity index is 1490. The summed E-state index contributed by atoms with van der Waals surface area (Å²) in [6.07, 6.45) is 13.3. The zero-order chi connectivity index (χ0) is 30.5. The van der Waals surface area contributed by atoms with Crippen LogP contribution < -0.4 is 30.7 Å². The summed E-state index contributed by atoms with van der Waals surface area (Å²) in [6, 6.07) is 7.61. The summed E-state index contributed by atoms with van der Waals surface area (Å²) < 4.78 is 15.9. The van der Waals surface area contributed by atoms with Crippen molar-refractivity contribution in [3.05, 3.63) is 58.9 Å². The summed E-state index contributed by atoms with van der Waals surface area (Å²) >= 11 is 0.859. The third-order valence-electron chi connectivity index (χ3n) is 8.58. The van der Waals surface area contributed by atoms with Crippen LogP contribution in [0.25, 0.3) is 0 Å². The minimum absolute atomic E-state index is 0.00276. The number of carbonyl (C=O) groups is 3. The molecule has 232 valence electrons. The summed E-state index contributed by atoms with van der Waals surface area (Å²) in [5, 5.41) is 6.24. The fourth-order valence-corrected chi connectivity index (χ4v) is 7.02. The summed E-state index contributed by atoms with van der Waals surface area (Å²) in [7, 11) is 0. The molecule has 3 aliphatic rings. The second-order valence-corrected chi connectivity index (χ2v) is 12.4. The van der Waals surface area contributed by atoms with E-state index in [0.29, 0.717) is 36.0 Å². The van der Waals surface area contributed by atoms with Crippen LogP contribution in [0.3, 0.4) is 0 Å². The first-order valence-electron chi connectivity index (χ1n) is 15.5. The van der Waals surface area contributed by atoms with Gasteiger partial charge in [0, 0.05) is 36.2 Å². The van der Waals surface area contributed by atoms with Crippen LogP contribution in [-0.2, 0) is 4.79 Å². The fourth-order valence-electron chi connectivity index (χ4n) is 6.28. The minimum Gasteiger partial charge on any atom is -0.486 e. The highest BCUT2D eigenvalue weighted by molar-refractivity contribution is 7.09. The van der Waals surface area contributed by atoms with Crippen LogP contribution in [0.4, 0.5) is 11.4 Å². The number of hydrogen-bond donors (Lipinski definition) is 3. The monoisotopic (exact) mass is 618 g/mol. The number of nitrogen functional groups attached to an aromatic ring is 1. The van der Waals surface area contributed by atoms with Gasteiger partial charge in [-0.05, 0) is 67.0 Å². The Kier molecular flexibility index (Phi) is 9.25. The molecule has 3 aromatic rings. The molecule has 0 radical (unpaired) electrons. The number of aromatic nitrogens is 2. The number of nitrogens with one attached hydrogen (secondary N) is 2. The molecule has 2 saturated carbocycles. The average molecular weight is 619 g/mol. The Hall–Kier alpha value is -4.19. The van der Waals surface area contributed by atoms with Crippen molar-refractivity contribution in [3.63, 3.8) is 0 Å². The lowest BCUT2D eigenvalue weighted by molar-refractivity contribution is -0.123. The lowest BCUT2D eigenvalue weighted by Gasteiger charge is -2.33. The van der Waals surface area contributed by atoms with E-state index in [0.717, 1.165) is 75.7 Å². The van der Waals surface area contributed by atoms with Crippen LogP contribution in [0, 0.1) is 0 Å². The van der Waals surface area contributed by atoms with Gasteiger partial charge in [-0.15, -0.1) is 0 Å². The highest BCUT2D eigenvalue weighted by atomic mass is 32.1. The zero-order valence-corrected chi connectivity index (χ0v) is 25.4. The van der Waals surface area contributed by atoms with Crippen molar-refractivity contribution in [2.45, 2.75) is 82.3 Å². The van der Waals surface area contributed by atoms with Gasteiger partial charge >= 0.3 is 0 Å². The predicted molar refractivity (Wildman–Crippen MR) is 167 cm³/mol. The molecule has 1 aliphatic heterocycles. The normalized spacial score (nSPS) is 17.8. The van der Waals surface area contributed by atoms with Gasteiger partial charge in [-0.1, -0.05) is 38.5 Å². The van der Waals surface area contributed by atoms with E-state index in [1.54, 1.807) is 42.7 Å². The van der Waals surface area contributed by atoms with Crippen molar-refractivity contribution < 1.29 is 23.9 Å². The van der Waals surface area contributed by atoms with Crippen LogP contribution in [0.15, 0.2) is 42.7 Å². The SMILES string of the molecule is Nc1c(C(=O)NC2CCCCC2)nsc1C(=O)N(c1ccc2c(c1)OCCO2)C(C(=O)NC1CCCCC1)c1ccncc1. The molecule has 3 amide bonds. The number of fused-ring (bicyclic) bond motifs is 1. The summed E-state index contributed by atoms with van der Waals surface area (Å²) in [5.41, 5.74) is 7.51. The lowest BCUT2D eigenvalue weighted by Crippen LogP contribution is -2.47. The van der Waals surface area contributed by atoms with Gasteiger partial charge in [0.05, 0.1) is 5.69 Å². The van der Waals surface area contributed by atoms with Crippen molar-refractivity contribution in [2.24, 2.45) is 0 Å².